The van der Waals surface area contributed by atoms with Crippen LogP contribution in [0, 0.1) is 0 Å². The molecule has 0 aliphatic rings. The molecule has 0 saturated heterocycles. The first-order valence-corrected chi connectivity index (χ1v) is 24.7. The highest BCUT2D eigenvalue weighted by molar-refractivity contribution is 6.10. The molecular weight excluding hydrogens is 869 g/mol. The van der Waals surface area contributed by atoms with Gasteiger partial charge in [0.15, 0.2) is 0 Å². The van der Waals surface area contributed by atoms with Crippen LogP contribution in [-0.2, 0) is 0 Å². The third-order valence-electron chi connectivity index (χ3n) is 14.2. The molecule has 0 saturated carbocycles. The van der Waals surface area contributed by atoms with Crippen molar-refractivity contribution in [2.24, 2.45) is 0 Å². The van der Waals surface area contributed by atoms with Crippen LogP contribution in [0.3, 0.4) is 0 Å². The summed E-state index contributed by atoms with van der Waals surface area (Å²) in [6, 6.07) is 106. The van der Waals surface area contributed by atoms with Gasteiger partial charge in [0.1, 0.15) is 0 Å². The summed E-state index contributed by atoms with van der Waals surface area (Å²) >= 11 is 0. The first-order chi connectivity index (χ1) is 35.7. The Kier molecular flexibility index (Phi) is 10.9. The number of fused-ring (bicyclic) bond motifs is 4. The van der Waals surface area contributed by atoms with Gasteiger partial charge in [-0.3, -0.25) is 0 Å². The van der Waals surface area contributed by atoms with Crippen molar-refractivity contribution >= 4 is 49.6 Å². The van der Waals surface area contributed by atoms with Crippen LogP contribution >= 0.6 is 0 Å². The lowest BCUT2D eigenvalue weighted by Gasteiger charge is -2.26. The Labute approximate surface area is 420 Å². The summed E-state index contributed by atoms with van der Waals surface area (Å²) in [7, 11) is 0. The molecule has 12 aromatic carbocycles. The van der Waals surface area contributed by atoms with Gasteiger partial charge in [0.05, 0.1) is 11.0 Å². The van der Waals surface area contributed by atoms with E-state index in [2.05, 4.69) is 301 Å². The number of hydrogen-bond acceptors (Lipinski definition) is 1. The second-order valence-electron chi connectivity index (χ2n) is 18.5. The SMILES string of the molecule is c1ccc(-c2ccccc2-c2ccccc2-c2ccccc2-c2ccc(N(c3ccc(-c4ccc5ccccc5c4)cc3)c3ccc(-c4ccc5c(c4)c4ccccc4n5-c4ccccc4)cc3)cc2)cc1. The highest BCUT2D eigenvalue weighted by atomic mass is 15.1. The fourth-order valence-corrected chi connectivity index (χ4v) is 10.7. The summed E-state index contributed by atoms with van der Waals surface area (Å²) in [6.07, 6.45) is 0. The van der Waals surface area contributed by atoms with Gasteiger partial charge in [0.2, 0.25) is 0 Å². The molecule has 0 unspecified atom stereocenters. The highest BCUT2D eigenvalue weighted by Gasteiger charge is 2.19. The van der Waals surface area contributed by atoms with Crippen LogP contribution < -0.4 is 4.90 Å². The quantitative estimate of drug-likeness (QED) is 0.133. The number of hydrogen-bond donors (Lipinski definition) is 0. The first kappa shape index (κ1) is 42.6. The van der Waals surface area contributed by atoms with Crippen LogP contribution in [0.25, 0.3) is 105 Å². The fraction of sp³-hybridized carbons (Fsp3) is 0. The van der Waals surface area contributed by atoms with Crippen LogP contribution in [-0.4, -0.2) is 4.57 Å². The van der Waals surface area contributed by atoms with Gasteiger partial charge in [-0.1, -0.05) is 218 Å². The lowest BCUT2D eigenvalue weighted by Crippen LogP contribution is -2.09. The van der Waals surface area contributed by atoms with Crippen LogP contribution in [0.15, 0.2) is 291 Å². The molecule has 0 amide bonds. The Morgan fingerprint density at radius 2 is 0.611 bits per heavy atom. The summed E-state index contributed by atoms with van der Waals surface area (Å²) in [5.74, 6) is 0. The zero-order valence-electron chi connectivity index (χ0n) is 39.6. The number of aromatic nitrogens is 1. The van der Waals surface area contributed by atoms with Gasteiger partial charge in [-0.25, -0.2) is 0 Å². The van der Waals surface area contributed by atoms with E-state index in [-0.39, 0.29) is 0 Å². The second kappa shape index (κ2) is 18.4. The first-order valence-electron chi connectivity index (χ1n) is 24.7. The summed E-state index contributed by atoms with van der Waals surface area (Å²) in [6.45, 7) is 0. The molecule has 0 radical (unpaired) electrons. The van der Waals surface area contributed by atoms with E-state index in [1.807, 2.05) is 0 Å². The Bertz CT molecular complexity index is 4060. The number of rotatable bonds is 10. The molecule has 0 spiro atoms. The van der Waals surface area contributed by atoms with Gasteiger partial charge in [0.25, 0.3) is 0 Å². The summed E-state index contributed by atoms with van der Waals surface area (Å²) in [5.41, 5.74) is 21.2. The van der Waals surface area contributed by atoms with Crippen molar-refractivity contribution < 1.29 is 0 Å². The monoisotopic (exact) mass is 916 g/mol. The standard InChI is InChI=1S/C70H48N2/c1-3-18-52(19-4-1)61-23-9-11-25-63(61)65-27-13-14-28-66(65)64-26-12-10-24-62(64)53-37-44-60(45-38-53)71(58-40-33-50(34-41-58)55-32-31-49-17-7-8-20-54(49)47-55)59-42-35-51(36-43-59)56-39-46-70-68(48-56)67-29-15-16-30-69(67)72(70)57-21-5-2-6-22-57/h1-48H. The Morgan fingerprint density at radius 1 is 0.222 bits per heavy atom. The molecule has 13 rings (SSSR count). The van der Waals surface area contributed by atoms with Crippen molar-refractivity contribution in [1.29, 1.82) is 0 Å². The number of benzene rings is 12. The lowest BCUT2D eigenvalue weighted by atomic mass is 9.87. The van der Waals surface area contributed by atoms with E-state index in [0.29, 0.717) is 0 Å². The van der Waals surface area contributed by atoms with Crippen molar-refractivity contribution in [3.63, 3.8) is 0 Å². The molecule has 1 aromatic heterocycles. The number of anilines is 3. The number of nitrogens with zero attached hydrogens (tertiary/aromatic N) is 2. The van der Waals surface area contributed by atoms with Gasteiger partial charge in [-0.05, 0) is 150 Å². The molecule has 0 atom stereocenters. The topological polar surface area (TPSA) is 8.17 Å². The Balaban J connectivity index is 0.878. The van der Waals surface area contributed by atoms with E-state index >= 15 is 0 Å². The lowest BCUT2D eigenvalue weighted by molar-refractivity contribution is 1.18. The zero-order valence-corrected chi connectivity index (χ0v) is 39.6. The fourth-order valence-electron chi connectivity index (χ4n) is 10.7. The molecule has 0 fully saturated rings. The van der Waals surface area contributed by atoms with Gasteiger partial charge < -0.3 is 9.47 Å². The molecule has 0 bridgehead atoms. The largest absolute Gasteiger partial charge is 0.311 e. The minimum atomic E-state index is 1.08. The summed E-state index contributed by atoms with van der Waals surface area (Å²) in [5, 5.41) is 4.97. The molecule has 13 aromatic rings. The summed E-state index contributed by atoms with van der Waals surface area (Å²) < 4.78 is 2.37. The molecule has 72 heavy (non-hydrogen) atoms. The highest BCUT2D eigenvalue weighted by Crippen LogP contribution is 2.44. The van der Waals surface area contributed by atoms with E-state index in [1.54, 1.807) is 0 Å². The van der Waals surface area contributed by atoms with Crippen LogP contribution in [0.5, 0.6) is 0 Å². The van der Waals surface area contributed by atoms with Crippen molar-refractivity contribution in [3.8, 4) is 72.4 Å². The third-order valence-corrected chi connectivity index (χ3v) is 14.2. The Hall–Kier alpha value is -9.50. The van der Waals surface area contributed by atoms with E-state index in [1.165, 1.54) is 93.8 Å². The van der Waals surface area contributed by atoms with Crippen LogP contribution in [0.1, 0.15) is 0 Å². The molecule has 0 aliphatic heterocycles. The smallest absolute Gasteiger partial charge is 0.0541 e. The average molecular weight is 917 g/mol. The van der Waals surface area contributed by atoms with E-state index in [9.17, 15) is 0 Å². The van der Waals surface area contributed by atoms with Crippen LogP contribution in [0.4, 0.5) is 17.1 Å². The zero-order chi connectivity index (χ0) is 47.8. The maximum atomic E-state index is 2.37. The second-order valence-corrected chi connectivity index (χ2v) is 18.5. The molecular formula is C70H48N2. The van der Waals surface area contributed by atoms with Gasteiger partial charge >= 0.3 is 0 Å². The van der Waals surface area contributed by atoms with Crippen molar-refractivity contribution in [2.75, 3.05) is 4.90 Å². The molecule has 2 heteroatoms. The molecule has 0 aliphatic carbocycles. The van der Waals surface area contributed by atoms with E-state index in [0.717, 1.165) is 28.3 Å². The predicted octanol–water partition coefficient (Wildman–Crippen LogP) is 19.4. The number of para-hydroxylation sites is 2. The molecule has 2 nitrogen and oxygen atoms in total. The molecule has 338 valence electrons. The normalized spacial score (nSPS) is 11.3. The Morgan fingerprint density at radius 3 is 1.19 bits per heavy atom. The van der Waals surface area contributed by atoms with Gasteiger partial charge in [-0.15, -0.1) is 0 Å². The molecule has 1 heterocycles. The van der Waals surface area contributed by atoms with Crippen molar-refractivity contribution in [3.05, 3.63) is 291 Å². The van der Waals surface area contributed by atoms with Gasteiger partial charge in [-0.2, -0.15) is 0 Å². The van der Waals surface area contributed by atoms with Crippen LogP contribution in [0.2, 0.25) is 0 Å². The van der Waals surface area contributed by atoms with E-state index < -0.39 is 0 Å². The minimum absolute atomic E-state index is 1.08. The third kappa shape index (κ3) is 7.82. The predicted molar refractivity (Wildman–Crippen MR) is 306 cm³/mol. The maximum Gasteiger partial charge on any atom is 0.0541 e. The van der Waals surface area contributed by atoms with Gasteiger partial charge in [0, 0.05) is 33.5 Å². The van der Waals surface area contributed by atoms with Crippen molar-refractivity contribution in [2.45, 2.75) is 0 Å². The maximum absolute atomic E-state index is 2.37. The molecule has 0 N–H and O–H groups in total. The minimum Gasteiger partial charge on any atom is -0.311 e. The van der Waals surface area contributed by atoms with Crippen molar-refractivity contribution in [1.82, 2.24) is 4.57 Å². The summed E-state index contributed by atoms with van der Waals surface area (Å²) in [4.78, 5) is 2.37. The average Bonchev–Trinajstić information content (AvgIpc) is 3.80. The van der Waals surface area contributed by atoms with E-state index in [4.69, 9.17) is 0 Å².